The van der Waals surface area contributed by atoms with Crippen molar-refractivity contribution in [2.45, 2.75) is 44.0 Å². The molecule has 7 heteroatoms. The molecule has 1 unspecified atom stereocenters. The molecular weight excluding hydrogens is 396 g/mol. The summed E-state index contributed by atoms with van der Waals surface area (Å²) in [6, 6.07) is 13.8. The van der Waals surface area contributed by atoms with E-state index in [0.29, 0.717) is 16.9 Å². The molecule has 1 heterocycles. The fourth-order valence-electron chi connectivity index (χ4n) is 3.26. The average Bonchev–Trinajstić information content (AvgIpc) is 3.09. The molecule has 6 nitrogen and oxygen atoms in total. The summed E-state index contributed by atoms with van der Waals surface area (Å²) in [5.41, 5.74) is 3.96. The first kappa shape index (κ1) is 21.9. The number of hydrogen-bond donors (Lipinski definition) is 1. The molecule has 0 saturated carbocycles. The average molecular weight is 425 g/mol. The molecule has 0 aliphatic carbocycles. The predicted molar refractivity (Wildman–Crippen MR) is 122 cm³/mol. The number of nitrogens with zero attached hydrogens (tertiary/aromatic N) is 3. The van der Waals surface area contributed by atoms with E-state index < -0.39 is 0 Å². The van der Waals surface area contributed by atoms with Gasteiger partial charge in [0.25, 0.3) is 0 Å². The van der Waals surface area contributed by atoms with E-state index in [1.807, 2.05) is 61.9 Å². The summed E-state index contributed by atoms with van der Waals surface area (Å²) in [5.74, 6) is 1.70. The number of carbonyl (C=O) groups excluding carboxylic acids is 1. The Morgan fingerprint density at radius 1 is 1.10 bits per heavy atom. The van der Waals surface area contributed by atoms with Gasteiger partial charge in [0.2, 0.25) is 5.91 Å². The molecule has 2 aromatic carbocycles. The van der Waals surface area contributed by atoms with E-state index in [9.17, 15) is 4.79 Å². The number of nitrogens with one attached hydrogen (secondary N) is 1. The molecule has 3 rings (SSSR count). The molecule has 158 valence electrons. The van der Waals surface area contributed by atoms with Crippen molar-refractivity contribution in [2.24, 2.45) is 7.05 Å². The molecule has 0 spiro atoms. The number of aromatic nitrogens is 3. The van der Waals surface area contributed by atoms with Crippen LogP contribution in [0.3, 0.4) is 0 Å². The molecule has 30 heavy (non-hydrogen) atoms. The first-order valence-corrected chi connectivity index (χ1v) is 10.8. The smallest absolute Gasteiger partial charge is 0.237 e. The number of anilines is 1. The number of amides is 1. The zero-order valence-corrected chi connectivity index (χ0v) is 19.1. The summed E-state index contributed by atoms with van der Waals surface area (Å²) >= 11 is 1.38. The Morgan fingerprint density at radius 2 is 1.83 bits per heavy atom. The Labute approximate surface area is 182 Å². The third-order valence-electron chi connectivity index (χ3n) is 5.01. The molecule has 0 saturated heterocycles. The Kier molecular flexibility index (Phi) is 6.82. The number of rotatable bonds is 7. The van der Waals surface area contributed by atoms with Gasteiger partial charge in [0.15, 0.2) is 11.0 Å². The van der Waals surface area contributed by atoms with Crippen molar-refractivity contribution in [1.82, 2.24) is 14.8 Å². The molecule has 0 fully saturated rings. The number of aryl methyl sites for hydroxylation is 1. The van der Waals surface area contributed by atoms with Gasteiger partial charge in [-0.2, -0.15) is 0 Å². The number of ether oxygens (including phenoxy) is 1. The summed E-state index contributed by atoms with van der Waals surface area (Å²) < 4.78 is 7.33. The van der Waals surface area contributed by atoms with Crippen LogP contribution in [0.15, 0.2) is 47.6 Å². The van der Waals surface area contributed by atoms with Crippen LogP contribution in [0.1, 0.15) is 37.8 Å². The standard InChI is InChI=1S/C23H28N4O2S/c1-14(2)17-12-9-10-15(3)20(17)24-22(28)16(4)30-23-26-25-21(27(23)5)18-11-7-8-13-19(18)29-6/h7-14,16H,1-6H3,(H,24,28). The minimum absolute atomic E-state index is 0.0574. The molecule has 1 aromatic heterocycles. The largest absolute Gasteiger partial charge is 0.496 e. The van der Waals surface area contributed by atoms with Gasteiger partial charge in [0.05, 0.1) is 17.9 Å². The molecule has 1 atom stereocenters. The maximum absolute atomic E-state index is 12.9. The van der Waals surface area contributed by atoms with Gasteiger partial charge >= 0.3 is 0 Å². The van der Waals surface area contributed by atoms with E-state index in [-0.39, 0.29) is 11.2 Å². The van der Waals surface area contributed by atoms with Gasteiger partial charge in [-0.25, -0.2) is 0 Å². The number of thioether (sulfide) groups is 1. The summed E-state index contributed by atoms with van der Waals surface area (Å²) in [4.78, 5) is 12.9. The summed E-state index contributed by atoms with van der Waals surface area (Å²) in [5, 5.41) is 12.1. The lowest BCUT2D eigenvalue weighted by atomic mass is 9.98. The molecule has 0 radical (unpaired) electrons. The van der Waals surface area contributed by atoms with Gasteiger partial charge in [0.1, 0.15) is 5.75 Å². The van der Waals surface area contributed by atoms with E-state index in [1.54, 1.807) is 7.11 Å². The molecule has 3 aromatic rings. The van der Waals surface area contributed by atoms with Gasteiger partial charge in [-0.1, -0.05) is 55.9 Å². The Morgan fingerprint density at radius 3 is 2.53 bits per heavy atom. The second-order valence-corrected chi connectivity index (χ2v) is 8.82. The van der Waals surface area contributed by atoms with Crippen LogP contribution in [0, 0.1) is 6.92 Å². The van der Waals surface area contributed by atoms with Crippen molar-refractivity contribution in [1.29, 1.82) is 0 Å². The maximum Gasteiger partial charge on any atom is 0.237 e. The Bertz CT molecular complexity index is 1050. The number of para-hydroxylation sites is 2. The highest BCUT2D eigenvalue weighted by molar-refractivity contribution is 8.00. The van der Waals surface area contributed by atoms with Crippen LogP contribution in [0.2, 0.25) is 0 Å². The number of hydrogen-bond acceptors (Lipinski definition) is 5. The maximum atomic E-state index is 12.9. The highest BCUT2D eigenvalue weighted by atomic mass is 32.2. The fraction of sp³-hybridized carbons (Fsp3) is 0.348. The van der Waals surface area contributed by atoms with Gasteiger partial charge in [-0.05, 0) is 43.0 Å². The van der Waals surface area contributed by atoms with Gasteiger partial charge < -0.3 is 14.6 Å². The lowest BCUT2D eigenvalue weighted by Gasteiger charge is -2.18. The highest BCUT2D eigenvalue weighted by Crippen LogP contribution is 2.32. The predicted octanol–water partition coefficient (Wildman–Crippen LogP) is 5.04. The first-order chi connectivity index (χ1) is 14.3. The van der Waals surface area contributed by atoms with E-state index in [4.69, 9.17) is 4.74 Å². The van der Waals surface area contributed by atoms with Crippen molar-refractivity contribution in [3.63, 3.8) is 0 Å². The number of methoxy groups -OCH3 is 1. The zero-order chi connectivity index (χ0) is 21.8. The fourth-order valence-corrected chi connectivity index (χ4v) is 4.07. The van der Waals surface area contributed by atoms with E-state index >= 15 is 0 Å². The van der Waals surface area contributed by atoms with Crippen LogP contribution in [0.25, 0.3) is 11.4 Å². The quantitative estimate of drug-likeness (QED) is 0.538. The first-order valence-electron chi connectivity index (χ1n) is 9.93. The molecule has 1 N–H and O–H groups in total. The third-order valence-corrected chi connectivity index (χ3v) is 6.14. The Balaban J connectivity index is 1.78. The number of carbonyl (C=O) groups is 1. The van der Waals surface area contributed by atoms with Gasteiger partial charge in [0, 0.05) is 12.7 Å². The van der Waals surface area contributed by atoms with Gasteiger partial charge in [-0.15, -0.1) is 10.2 Å². The van der Waals surface area contributed by atoms with E-state index in [0.717, 1.165) is 28.1 Å². The van der Waals surface area contributed by atoms with Crippen molar-refractivity contribution in [2.75, 3.05) is 12.4 Å². The van der Waals surface area contributed by atoms with Gasteiger partial charge in [-0.3, -0.25) is 4.79 Å². The van der Waals surface area contributed by atoms with Crippen LogP contribution >= 0.6 is 11.8 Å². The molecule has 0 bridgehead atoms. The van der Waals surface area contributed by atoms with Crippen LogP contribution in [-0.4, -0.2) is 33.0 Å². The second-order valence-electron chi connectivity index (χ2n) is 7.51. The second kappa shape index (κ2) is 9.34. The lowest BCUT2D eigenvalue weighted by Crippen LogP contribution is -2.24. The van der Waals surface area contributed by atoms with Crippen LogP contribution in [0.4, 0.5) is 5.69 Å². The van der Waals surface area contributed by atoms with Crippen molar-refractivity contribution in [3.8, 4) is 17.1 Å². The van der Waals surface area contributed by atoms with E-state index in [2.05, 4.69) is 35.4 Å². The van der Waals surface area contributed by atoms with Crippen molar-refractivity contribution >= 4 is 23.4 Å². The van der Waals surface area contributed by atoms with Crippen LogP contribution in [-0.2, 0) is 11.8 Å². The molecular formula is C23H28N4O2S. The molecule has 0 aliphatic heterocycles. The van der Waals surface area contributed by atoms with E-state index in [1.165, 1.54) is 11.8 Å². The summed E-state index contributed by atoms with van der Waals surface area (Å²) in [6.07, 6.45) is 0. The molecule has 0 aliphatic rings. The zero-order valence-electron chi connectivity index (χ0n) is 18.3. The minimum Gasteiger partial charge on any atom is -0.496 e. The number of benzene rings is 2. The summed E-state index contributed by atoms with van der Waals surface area (Å²) in [7, 11) is 3.53. The van der Waals surface area contributed by atoms with Crippen LogP contribution in [0.5, 0.6) is 5.75 Å². The topological polar surface area (TPSA) is 69.0 Å². The van der Waals surface area contributed by atoms with Crippen LogP contribution < -0.4 is 10.1 Å². The van der Waals surface area contributed by atoms with Crippen molar-refractivity contribution < 1.29 is 9.53 Å². The normalized spacial score (nSPS) is 12.1. The third kappa shape index (κ3) is 4.51. The Hall–Kier alpha value is -2.80. The monoisotopic (exact) mass is 424 g/mol. The minimum atomic E-state index is -0.335. The lowest BCUT2D eigenvalue weighted by molar-refractivity contribution is -0.115. The molecule has 1 amide bonds. The highest BCUT2D eigenvalue weighted by Gasteiger charge is 2.22. The van der Waals surface area contributed by atoms with Crippen molar-refractivity contribution in [3.05, 3.63) is 53.6 Å². The SMILES string of the molecule is COc1ccccc1-c1nnc(SC(C)C(=O)Nc2c(C)cccc2C(C)C)n1C. The summed E-state index contributed by atoms with van der Waals surface area (Å²) in [6.45, 7) is 8.15.